The summed E-state index contributed by atoms with van der Waals surface area (Å²) in [5, 5.41) is 13.8. The van der Waals surface area contributed by atoms with Gasteiger partial charge in [0.25, 0.3) is 5.56 Å². The molecule has 0 saturated carbocycles. The molecule has 2 aromatic heterocycles. The lowest BCUT2D eigenvalue weighted by Crippen LogP contribution is -2.37. The van der Waals surface area contributed by atoms with E-state index < -0.39 is 0 Å². The Morgan fingerprint density at radius 3 is 2.61 bits per heavy atom. The van der Waals surface area contributed by atoms with Crippen LogP contribution in [0.1, 0.15) is 23.1 Å². The summed E-state index contributed by atoms with van der Waals surface area (Å²) in [6, 6.07) is 15.5. The third-order valence-electron chi connectivity index (χ3n) is 5.82. The second-order valence-electron chi connectivity index (χ2n) is 7.93. The highest BCUT2D eigenvalue weighted by atomic mass is 16.2. The normalized spacial score (nSPS) is 10.8. The molecule has 0 aliphatic rings. The van der Waals surface area contributed by atoms with Gasteiger partial charge in [0.15, 0.2) is 5.65 Å². The van der Waals surface area contributed by atoms with Gasteiger partial charge in [0.1, 0.15) is 18.3 Å². The van der Waals surface area contributed by atoms with Crippen molar-refractivity contribution in [3.05, 3.63) is 82.0 Å². The fraction of sp³-hybridized carbons (Fsp3) is 0.240. The Morgan fingerprint density at radius 1 is 1.09 bits per heavy atom. The third-order valence-corrected chi connectivity index (χ3v) is 5.82. The van der Waals surface area contributed by atoms with Crippen molar-refractivity contribution in [1.29, 1.82) is 5.26 Å². The van der Waals surface area contributed by atoms with Gasteiger partial charge in [-0.25, -0.2) is 9.67 Å². The molecule has 8 heteroatoms. The fourth-order valence-electron chi connectivity index (χ4n) is 3.84. The number of nitrogens with zero attached hydrogens (tertiary/aromatic N) is 6. The monoisotopic (exact) mass is 440 g/mol. The van der Waals surface area contributed by atoms with Gasteiger partial charge in [0, 0.05) is 12.2 Å². The molecule has 0 fully saturated rings. The summed E-state index contributed by atoms with van der Waals surface area (Å²) in [5.41, 5.74) is 4.69. The minimum atomic E-state index is -0.339. The molecule has 0 N–H and O–H groups in total. The highest BCUT2D eigenvalue weighted by molar-refractivity contribution is 5.94. The number of hydrogen-bond acceptors (Lipinski definition) is 5. The van der Waals surface area contributed by atoms with Gasteiger partial charge in [-0.3, -0.25) is 14.2 Å². The first kappa shape index (κ1) is 22.0. The Bertz CT molecular complexity index is 1440. The number of fused-ring (bicyclic) bond motifs is 1. The van der Waals surface area contributed by atoms with Gasteiger partial charge in [-0.15, -0.1) is 0 Å². The Labute approximate surface area is 191 Å². The molecule has 4 aromatic rings. The topological polar surface area (TPSA) is 96.8 Å². The Kier molecular flexibility index (Phi) is 6.05. The Balaban J connectivity index is 1.69. The van der Waals surface area contributed by atoms with Crippen molar-refractivity contribution < 1.29 is 4.79 Å². The lowest BCUT2D eigenvalue weighted by Gasteiger charge is -2.24. The van der Waals surface area contributed by atoms with Crippen LogP contribution in [-0.4, -0.2) is 31.8 Å². The quantitative estimate of drug-likeness (QED) is 0.457. The van der Waals surface area contributed by atoms with Gasteiger partial charge in [-0.1, -0.05) is 30.3 Å². The standard InChI is InChI=1S/C25H24N6O2/c1-17-9-6-11-22(19(17)3)30(13-7-12-26)23(32)15-29-16-27-24-20(25(29)33)14-28-31(24)21-10-5-4-8-18(21)2/h4-6,8-11,14,16H,7,13,15H2,1-3H3. The Hall–Kier alpha value is -4.25. The van der Waals surface area contributed by atoms with Crippen molar-refractivity contribution in [2.75, 3.05) is 11.4 Å². The predicted octanol–water partition coefficient (Wildman–Crippen LogP) is 3.45. The average Bonchev–Trinajstić information content (AvgIpc) is 3.23. The number of aryl methyl sites for hydroxylation is 2. The van der Waals surface area contributed by atoms with E-state index in [2.05, 4.69) is 16.2 Å². The van der Waals surface area contributed by atoms with Crippen molar-refractivity contribution >= 4 is 22.6 Å². The van der Waals surface area contributed by atoms with E-state index in [-0.39, 0.29) is 31.0 Å². The largest absolute Gasteiger partial charge is 0.310 e. The van der Waals surface area contributed by atoms with E-state index in [0.29, 0.717) is 11.0 Å². The zero-order chi connectivity index (χ0) is 23.5. The minimum absolute atomic E-state index is 0.184. The number of hydrogen-bond donors (Lipinski definition) is 0. The predicted molar refractivity (Wildman–Crippen MR) is 126 cm³/mol. The van der Waals surface area contributed by atoms with Crippen molar-refractivity contribution in [2.24, 2.45) is 0 Å². The summed E-state index contributed by atoms with van der Waals surface area (Å²) in [7, 11) is 0. The minimum Gasteiger partial charge on any atom is -0.310 e. The van der Waals surface area contributed by atoms with E-state index in [9.17, 15) is 9.59 Å². The maximum absolute atomic E-state index is 13.3. The molecule has 0 unspecified atom stereocenters. The first-order valence-corrected chi connectivity index (χ1v) is 10.6. The molecule has 4 rings (SSSR count). The number of carbonyl (C=O) groups excluding carboxylic acids is 1. The number of aromatic nitrogens is 4. The molecule has 1 amide bonds. The maximum Gasteiger partial charge on any atom is 0.264 e. The molecule has 33 heavy (non-hydrogen) atoms. The molecule has 8 nitrogen and oxygen atoms in total. The smallest absolute Gasteiger partial charge is 0.264 e. The van der Waals surface area contributed by atoms with Crippen molar-refractivity contribution in [1.82, 2.24) is 19.3 Å². The molecule has 2 aromatic carbocycles. The van der Waals surface area contributed by atoms with Crippen LogP contribution < -0.4 is 10.5 Å². The average molecular weight is 441 g/mol. The highest BCUT2D eigenvalue weighted by Crippen LogP contribution is 2.23. The number of rotatable bonds is 6. The molecular weight excluding hydrogens is 416 g/mol. The van der Waals surface area contributed by atoms with E-state index in [1.807, 2.05) is 63.2 Å². The van der Waals surface area contributed by atoms with Gasteiger partial charge in [0.2, 0.25) is 5.91 Å². The van der Waals surface area contributed by atoms with Crippen molar-refractivity contribution in [2.45, 2.75) is 33.7 Å². The van der Waals surface area contributed by atoms with E-state index in [1.54, 1.807) is 9.58 Å². The van der Waals surface area contributed by atoms with E-state index >= 15 is 0 Å². The second kappa shape index (κ2) is 9.09. The lowest BCUT2D eigenvalue weighted by molar-refractivity contribution is -0.119. The molecule has 0 aliphatic heterocycles. The van der Waals surface area contributed by atoms with Crippen molar-refractivity contribution in [3.8, 4) is 11.8 Å². The number of anilines is 1. The van der Waals surface area contributed by atoms with Crippen LogP contribution in [-0.2, 0) is 11.3 Å². The fourth-order valence-corrected chi connectivity index (χ4v) is 3.84. The highest BCUT2D eigenvalue weighted by Gasteiger charge is 2.20. The van der Waals surface area contributed by atoms with E-state index in [1.165, 1.54) is 17.1 Å². The molecule has 166 valence electrons. The number of benzene rings is 2. The lowest BCUT2D eigenvalue weighted by atomic mass is 10.1. The van der Waals surface area contributed by atoms with Crippen LogP contribution in [0.15, 0.2) is 59.8 Å². The van der Waals surface area contributed by atoms with Gasteiger partial charge in [-0.05, 0) is 49.6 Å². The molecule has 0 bridgehead atoms. The first-order chi connectivity index (χ1) is 15.9. The summed E-state index contributed by atoms with van der Waals surface area (Å²) in [5.74, 6) is -0.284. The van der Waals surface area contributed by atoms with Crippen LogP contribution in [0, 0.1) is 32.1 Å². The van der Waals surface area contributed by atoms with Crippen LogP contribution in [0.25, 0.3) is 16.7 Å². The number of amides is 1. The van der Waals surface area contributed by atoms with Gasteiger partial charge < -0.3 is 4.90 Å². The molecule has 0 saturated heterocycles. The molecule has 0 spiro atoms. The van der Waals surface area contributed by atoms with Gasteiger partial charge in [-0.2, -0.15) is 10.4 Å². The van der Waals surface area contributed by atoms with E-state index in [4.69, 9.17) is 5.26 Å². The molecule has 2 heterocycles. The maximum atomic E-state index is 13.3. The van der Waals surface area contributed by atoms with Crippen LogP contribution in [0.5, 0.6) is 0 Å². The van der Waals surface area contributed by atoms with Crippen LogP contribution in [0.4, 0.5) is 5.69 Å². The number of carbonyl (C=O) groups is 1. The van der Waals surface area contributed by atoms with Crippen molar-refractivity contribution in [3.63, 3.8) is 0 Å². The molecule has 0 aliphatic carbocycles. The second-order valence-corrected chi connectivity index (χ2v) is 7.93. The summed E-state index contributed by atoms with van der Waals surface area (Å²) < 4.78 is 2.92. The van der Waals surface area contributed by atoms with Gasteiger partial charge in [0.05, 0.1) is 24.4 Å². The number of para-hydroxylation sites is 1. The summed E-state index contributed by atoms with van der Waals surface area (Å²) in [6.07, 6.45) is 3.05. The SMILES string of the molecule is Cc1ccccc1-n1ncc2c(=O)n(CC(=O)N(CCC#N)c3cccc(C)c3C)cnc21. The molecular formula is C25H24N6O2. The number of nitriles is 1. The first-order valence-electron chi connectivity index (χ1n) is 10.6. The van der Waals surface area contributed by atoms with E-state index in [0.717, 1.165) is 28.1 Å². The Morgan fingerprint density at radius 2 is 1.85 bits per heavy atom. The summed E-state index contributed by atoms with van der Waals surface area (Å²) in [6.45, 7) is 5.94. The van der Waals surface area contributed by atoms with Gasteiger partial charge >= 0.3 is 0 Å². The third kappa shape index (κ3) is 4.13. The molecule has 0 radical (unpaired) electrons. The van der Waals surface area contributed by atoms with Crippen LogP contribution in [0.3, 0.4) is 0 Å². The summed E-state index contributed by atoms with van der Waals surface area (Å²) in [4.78, 5) is 32.4. The van der Waals surface area contributed by atoms with Crippen LogP contribution >= 0.6 is 0 Å². The van der Waals surface area contributed by atoms with Crippen LogP contribution in [0.2, 0.25) is 0 Å². The zero-order valence-electron chi connectivity index (χ0n) is 18.8. The summed E-state index contributed by atoms with van der Waals surface area (Å²) >= 11 is 0. The zero-order valence-corrected chi connectivity index (χ0v) is 18.8. The molecule has 0 atom stereocenters.